The van der Waals surface area contributed by atoms with E-state index >= 15 is 0 Å². The van der Waals surface area contributed by atoms with Gasteiger partial charge in [-0.15, -0.1) is 0 Å². The third-order valence-corrected chi connectivity index (χ3v) is 7.43. The van der Waals surface area contributed by atoms with Crippen LogP contribution in [0.1, 0.15) is 50.2 Å². The normalized spacial score (nSPS) is 14.8. The minimum atomic E-state index is -5.08. The highest BCUT2D eigenvalue weighted by Crippen LogP contribution is 2.32. The third-order valence-electron chi connectivity index (χ3n) is 7.43. The van der Waals surface area contributed by atoms with Crippen molar-refractivity contribution in [2.24, 2.45) is 0 Å². The van der Waals surface area contributed by atoms with Crippen LogP contribution in [0.25, 0.3) is 11.1 Å². The average Bonchev–Trinajstić information content (AvgIpc) is 3.48. The number of halogens is 3. The van der Waals surface area contributed by atoms with Crippen LogP contribution in [0.15, 0.2) is 42.5 Å². The Kier molecular flexibility index (Phi) is 16.5. The summed E-state index contributed by atoms with van der Waals surface area (Å²) >= 11 is 0. The first-order valence-corrected chi connectivity index (χ1v) is 15.5. The molecule has 1 atom stereocenters. The molecule has 13 heteroatoms. The van der Waals surface area contributed by atoms with Gasteiger partial charge in [0.15, 0.2) is 5.96 Å². The number of rotatable bonds is 15. The Balaban J connectivity index is 0.000000942. The lowest BCUT2D eigenvalue weighted by molar-refractivity contribution is -0.192. The van der Waals surface area contributed by atoms with Crippen LogP contribution >= 0.6 is 0 Å². The maximum absolute atomic E-state index is 12.3. The minimum absolute atomic E-state index is 0.0664. The summed E-state index contributed by atoms with van der Waals surface area (Å²) in [4.78, 5) is 26.1. The van der Waals surface area contributed by atoms with Crippen molar-refractivity contribution in [1.29, 1.82) is 5.41 Å². The predicted molar refractivity (Wildman–Crippen MR) is 172 cm³/mol. The zero-order chi connectivity index (χ0) is 34.1. The number of unbranched alkanes of at least 4 members (excludes halogenated alkanes) is 1. The molecule has 1 heterocycles. The number of hydrogen-bond donors (Lipinski definition) is 4. The van der Waals surface area contributed by atoms with Gasteiger partial charge in [-0.05, 0) is 56.1 Å². The Morgan fingerprint density at radius 2 is 1.76 bits per heavy atom. The number of nitrogens with one attached hydrogen (secondary N) is 3. The number of alkyl halides is 3. The summed E-state index contributed by atoms with van der Waals surface area (Å²) in [5.41, 5.74) is 4.51. The van der Waals surface area contributed by atoms with E-state index in [1.807, 2.05) is 6.07 Å². The molecule has 1 amide bonds. The van der Waals surface area contributed by atoms with Crippen molar-refractivity contribution in [2.45, 2.75) is 64.2 Å². The lowest BCUT2D eigenvalue weighted by Crippen LogP contribution is -2.40. The number of carboxylic acid groups (broad SMARTS) is 1. The number of methoxy groups -OCH3 is 1. The molecule has 1 fully saturated rings. The summed E-state index contributed by atoms with van der Waals surface area (Å²) in [6.45, 7) is 7.22. The van der Waals surface area contributed by atoms with Gasteiger partial charge in [-0.1, -0.05) is 49.7 Å². The maximum atomic E-state index is 12.3. The Morgan fingerprint density at radius 1 is 1.09 bits per heavy atom. The number of guanidine groups is 1. The summed E-state index contributed by atoms with van der Waals surface area (Å²) in [7, 11) is 6.02. The van der Waals surface area contributed by atoms with Crippen LogP contribution < -0.4 is 15.4 Å². The fourth-order valence-electron chi connectivity index (χ4n) is 4.78. The van der Waals surface area contributed by atoms with Crippen molar-refractivity contribution >= 4 is 17.8 Å². The molecule has 256 valence electrons. The lowest BCUT2D eigenvalue weighted by atomic mass is 9.99. The van der Waals surface area contributed by atoms with E-state index < -0.39 is 12.1 Å². The Labute approximate surface area is 269 Å². The van der Waals surface area contributed by atoms with Crippen LogP contribution in [0.3, 0.4) is 0 Å². The van der Waals surface area contributed by atoms with Gasteiger partial charge in [0.1, 0.15) is 5.75 Å². The van der Waals surface area contributed by atoms with Crippen molar-refractivity contribution < 1.29 is 37.3 Å². The van der Waals surface area contributed by atoms with Crippen molar-refractivity contribution in [3.05, 3.63) is 53.6 Å². The van der Waals surface area contributed by atoms with Crippen molar-refractivity contribution in [2.75, 3.05) is 54.1 Å². The maximum Gasteiger partial charge on any atom is 0.490 e. The molecule has 0 unspecified atom stereocenters. The fraction of sp³-hybridized carbons (Fsp3) is 0.545. The van der Waals surface area contributed by atoms with E-state index in [1.54, 1.807) is 7.11 Å². The molecule has 1 aliphatic rings. The van der Waals surface area contributed by atoms with E-state index in [0.717, 1.165) is 61.3 Å². The number of carboxylic acids is 1. The number of hydrogen-bond acceptors (Lipinski definition) is 7. The van der Waals surface area contributed by atoms with Gasteiger partial charge in [-0.25, -0.2) is 4.79 Å². The molecular formula is C33H48F3N5O5. The van der Waals surface area contributed by atoms with E-state index in [1.165, 1.54) is 12.0 Å². The largest absolute Gasteiger partial charge is 0.493 e. The Morgan fingerprint density at radius 3 is 2.35 bits per heavy atom. The van der Waals surface area contributed by atoms with Gasteiger partial charge in [0.05, 0.1) is 6.61 Å². The van der Waals surface area contributed by atoms with Gasteiger partial charge in [0, 0.05) is 64.3 Å². The average molecular weight is 652 g/mol. The zero-order valence-corrected chi connectivity index (χ0v) is 27.2. The number of aryl methyl sites for hydroxylation is 1. The summed E-state index contributed by atoms with van der Waals surface area (Å²) in [5.74, 6) is -2.04. The van der Waals surface area contributed by atoms with Gasteiger partial charge in [-0.3, -0.25) is 20.4 Å². The molecule has 2 aromatic rings. The van der Waals surface area contributed by atoms with Gasteiger partial charge in [0.25, 0.3) is 0 Å². The number of nitrogens with zero attached hydrogens (tertiary/aromatic N) is 2. The second kappa shape index (κ2) is 19.7. The molecule has 1 aliphatic heterocycles. The molecular weight excluding hydrogens is 603 g/mol. The number of carbonyl (C=O) groups excluding carboxylic acids is 1. The van der Waals surface area contributed by atoms with Crippen LogP contribution in [0.4, 0.5) is 13.2 Å². The molecule has 0 aromatic heterocycles. The van der Waals surface area contributed by atoms with E-state index in [4.69, 9.17) is 24.8 Å². The molecule has 4 N–H and O–H groups in total. The number of amides is 1. The fourth-order valence-corrected chi connectivity index (χ4v) is 4.78. The molecule has 46 heavy (non-hydrogen) atoms. The highest BCUT2D eigenvalue weighted by Gasteiger charge is 2.38. The molecule has 0 radical (unpaired) electrons. The quantitative estimate of drug-likeness (QED) is 0.122. The molecule has 0 aliphatic carbocycles. The third kappa shape index (κ3) is 14.2. The molecule has 0 saturated carbocycles. The second-order valence-electron chi connectivity index (χ2n) is 11.4. The highest BCUT2D eigenvalue weighted by molar-refractivity contribution is 5.95. The van der Waals surface area contributed by atoms with Gasteiger partial charge in [-0.2, -0.15) is 13.2 Å². The summed E-state index contributed by atoms with van der Waals surface area (Å²) in [6.07, 6.45) is -0.165. The molecule has 2 aromatic carbocycles. The van der Waals surface area contributed by atoms with Crippen molar-refractivity contribution in [1.82, 2.24) is 20.4 Å². The first-order chi connectivity index (χ1) is 21.8. The van der Waals surface area contributed by atoms with Crippen LogP contribution in [0.5, 0.6) is 5.75 Å². The Bertz CT molecular complexity index is 1240. The number of ether oxygens (including phenoxy) is 2. The number of benzene rings is 2. The van der Waals surface area contributed by atoms with Gasteiger partial charge in [0.2, 0.25) is 5.91 Å². The Hall–Kier alpha value is -3.68. The number of likely N-dealkylation sites (tertiary alicyclic amines) is 1. The van der Waals surface area contributed by atoms with Gasteiger partial charge < -0.3 is 24.8 Å². The van der Waals surface area contributed by atoms with Crippen molar-refractivity contribution in [3.63, 3.8) is 0 Å². The predicted octanol–water partition coefficient (Wildman–Crippen LogP) is 4.91. The standard InChI is InChI=1S/C31H47N5O3.C2HF3O2/c1-5-6-17-33-31(32)34-30(37)15-11-24-10-14-28(29(21-24)39-20-7-19-38-4)26-12-8-25(9-13-26)22-36-18-16-27(23-36)35(2)3;3-2(4,5)1(6)7/h8-10,12-14,21,27H,5-7,11,15-20,22-23H2,1-4H3,(H3,32,33,34,37);(H,6,7)/t27-;/m1./s1. The summed E-state index contributed by atoms with van der Waals surface area (Å²) in [5, 5.41) is 20.6. The SMILES string of the molecule is CCCCNC(=N)NC(=O)CCc1ccc(-c2ccc(CN3CC[C@@H](N(C)C)C3)cc2)c(OCCCOC)c1.O=C(O)C(F)(F)F. The van der Waals surface area contributed by atoms with Crippen LogP contribution in [-0.4, -0.2) is 99.0 Å². The van der Waals surface area contributed by atoms with Crippen LogP contribution in [-0.2, 0) is 27.3 Å². The molecule has 10 nitrogen and oxygen atoms in total. The summed E-state index contributed by atoms with van der Waals surface area (Å²) < 4.78 is 43.1. The minimum Gasteiger partial charge on any atom is -0.493 e. The number of carbonyl (C=O) groups is 2. The number of likely N-dealkylation sites (N-methyl/N-ethyl adjacent to an activating group) is 1. The van der Waals surface area contributed by atoms with Crippen LogP contribution in [0, 0.1) is 5.41 Å². The summed E-state index contributed by atoms with van der Waals surface area (Å²) in [6, 6.07) is 15.6. The lowest BCUT2D eigenvalue weighted by Gasteiger charge is -2.20. The molecule has 3 rings (SSSR count). The second-order valence-corrected chi connectivity index (χ2v) is 11.4. The zero-order valence-electron chi connectivity index (χ0n) is 27.2. The first-order valence-electron chi connectivity index (χ1n) is 15.5. The monoisotopic (exact) mass is 651 g/mol. The van der Waals surface area contributed by atoms with E-state index in [2.05, 4.69) is 77.9 Å². The molecule has 1 saturated heterocycles. The molecule has 0 bridgehead atoms. The highest BCUT2D eigenvalue weighted by atomic mass is 19.4. The number of aliphatic carboxylic acids is 1. The van der Waals surface area contributed by atoms with E-state index in [9.17, 15) is 18.0 Å². The van der Waals surface area contributed by atoms with E-state index in [-0.39, 0.29) is 11.9 Å². The van der Waals surface area contributed by atoms with Gasteiger partial charge >= 0.3 is 12.1 Å². The van der Waals surface area contributed by atoms with Crippen molar-refractivity contribution in [3.8, 4) is 16.9 Å². The van der Waals surface area contributed by atoms with Crippen LogP contribution in [0.2, 0.25) is 0 Å². The van der Waals surface area contributed by atoms with E-state index in [0.29, 0.717) is 38.6 Å². The molecule has 0 spiro atoms. The smallest absolute Gasteiger partial charge is 0.490 e. The first kappa shape index (κ1) is 38.5. The topological polar surface area (TPSA) is 127 Å².